The maximum atomic E-state index is 9.10. The van der Waals surface area contributed by atoms with Crippen LogP contribution in [0.25, 0.3) is 21.3 Å². The van der Waals surface area contributed by atoms with Gasteiger partial charge in [0, 0.05) is 43.7 Å². The van der Waals surface area contributed by atoms with E-state index in [4.69, 9.17) is 5.11 Å². The van der Waals surface area contributed by atoms with Crippen LogP contribution in [-0.4, -0.2) is 59.3 Å². The van der Waals surface area contributed by atoms with Gasteiger partial charge in [-0.3, -0.25) is 4.90 Å². The number of thiophene rings is 1. The third-order valence-electron chi connectivity index (χ3n) is 4.52. The van der Waals surface area contributed by atoms with Gasteiger partial charge in [-0.2, -0.15) is 0 Å². The maximum absolute atomic E-state index is 9.10. The Balaban J connectivity index is 1.70. The second kappa shape index (κ2) is 6.84. The van der Waals surface area contributed by atoms with E-state index in [1.807, 2.05) is 6.07 Å². The molecule has 0 amide bonds. The molecule has 24 heavy (non-hydrogen) atoms. The van der Waals surface area contributed by atoms with E-state index < -0.39 is 0 Å². The van der Waals surface area contributed by atoms with Gasteiger partial charge < -0.3 is 10.0 Å². The summed E-state index contributed by atoms with van der Waals surface area (Å²) in [5, 5.41) is 12.4. The summed E-state index contributed by atoms with van der Waals surface area (Å²) in [4.78, 5) is 14.8. The zero-order valence-electron chi connectivity index (χ0n) is 13.4. The number of fused-ring (bicyclic) bond motifs is 1. The average molecular weight is 340 g/mol. The number of rotatable bonds is 4. The first kappa shape index (κ1) is 15.5. The Bertz CT molecular complexity index is 812. The predicted octanol–water partition coefficient (Wildman–Crippen LogP) is 2.47. The van der Waals surface area contributed by atoms with Crippen molar-refractivity contribution in [3.63, 3.8) is 0 Å². The highest BCUT2D eigenvalue weighted by molar-refractivity contribution is 7.17. The monoisotopic (exact) mass is 340 g/mol. The molecular formula is C18H20N4OS. The lowest BCUT2D eigenvalue weighted by molar-refractivity contribution is 0.188. The van der Waals surface area contributed by atoms with Gasteiger partial charge in [0.15, 0.2) is 0 Å². The summed E-state index contributed by atoms with van der Waals surface area (Å²) < 4.78 is 0. The van der Waals surface area contributed by atoms with Crippen LogP contribution in [-0.2, 0) is 0 Å². The topological polar surface area (TPSA) is 52.5 Å². The van der Waals surface area contributed by atoms with E-state index in [2.05, 4.69) is 49.4 Å². The van der Waals surface area contributed by atoms with Crippen LogP contribution in [0.2, 0.25) is 0 Å². The van der Waals surface area contributed by atoms with Crippen LogP contribution < -0.4 is 4.90 Å². The molecule has 5 nitrogen and oxygen atoms in total. The highest BCUT2D eigenvalue weighted by Crippen LogP contribution is 2.37. The van der Waals surface area contributed by atoms with Gasteiger partial charge in [0.05, 0.1) is 12.0 Å². The van der Waals surface area contributed by atoms with Crippen molar-refractivity contribution in [3.8, 4) is 11.1 Å². The zero-order valence-corrected chi connectivity index (χ0v) is 14.2. The van der Waals surface area contributed by atoms with E-state index in [0.717, 1.165) is 48.8 Å². The van der Waals surface area contributed by atoms with E-state index in [1.54, 1.807) is 17.7 Å². The van der Waals surface area contributed by atoms with E-state index in [1.165, 1.54) is 11.1 Å². The Morgan fingerprint density at radius 2 is 1.83 bits per heavy atom. The van der Waals surface area contributed by atoms with Crippen molar-refractivity contribution in [2.75, 3.05) is 44.2 Å². The van der Waals surface area contributed by atoms with Crippen LogP contribution in [0.15, 0.2) is 42.0 Å². The summed E-state index contributed by atoms with van der Waals surface area (Å²) >= 11 is 1.67. The third kappa shape index (κ3) is 2.88. The van der Waals surface area contributed by atoms with Crippen LogP contribution in [0.1, 0.15) is 0 Å². The molecule has 0 aliphatic carbocycles. The molecule has 1 saturated heterocycles. The minimum Gasteiger partial charge on any atom is -0.395 e. The van der Waals surface area contributed by atoms with Crippen molar-refractivity contribution < 1.29 is 5.11 Å². The molecule has 1 aliphatic rings. The first-order valence-electron chi connectivity index (χ1n) is 8.22. The number of aromatic nitrogens is 2. The molecule has 1 aromatic carbocycles. The van der Waals surface area contributed by atoms with Crippen molar-refractivity contribution in [1.82, 2.24) is 14.9 Å². The normalized spacial score (nSPS) is 16.0. The summed E-state index contributed by atoms with van der Waals surface area (Å²) in [5.41, 5.74) is 2.42. The van der Waals surface area contributed by atoms with Crippen molar-refractivity contribution >= 4 is 27.4 Å². The predicted molar refractivity (Wildman–Crippen MR) is 98.6 cm³/mol. The highest BCUT2D eigenvalue weighted by atomic mass is 32.1. The van der Waals surface area contributed by atoms with Crippen LogP contribution in [0.4, 0.5) is 5.82 Å². The van der Waals surface area contributed by atoms with Crippen molar-refractivity contribution in [2.45, 2.75) is 0 Å². The molecule has 0 atom stereocenters. The van der Waals surface area contributed by atoms with Crippen LogP contribution >= 0.6 is 11.3 Å². The number of benzene rings is 1. The van der Waals surface area contributed by atoms with Gasteiger partial charge >= 0.3 is 0 Å². The number of aliphatic hydroxyl groups is 1. The molecule has 0 unspecified atom stereocenters. The number of β-amino-alcohol motifs (C(OH)–C–C–N with tert-alkyl or cyclic N) is 1. The minimum absolute atomic E-state index is 0.223. The molecule has 124 valence electrons. The summed E-state index contributed by atoms with van der Waals surface area (Å²) in [6.07, 6.45) is 1.67. The highest BCUT2D eigenvalue weighted by Gasteiger charge is 2.22. The summed E-state index contributed by atoms with van der Waals surface area (Å²) in [6.45, 7) is 4.74. The van der Waals surface area contributed by atoms with Gasteiger partial charge in [-0.05, 0) is 5.56 Å². The molecule has 6 heteroatoms. The van der Waals surface area contributed by atoms with E-state index in [-0.39, 0.29) is 6.61 Å². The third-order valence-corrected chi connectivity index (χ3v) is 5.41. The largest absolute Gasteiger partial charge is 0.395 e. The number of nitrogens with zero attached hydrogens (tertiary/aromatic N) is 4. The second-order valence-corrected chi connectivity index (χ2v) is 6.80. The van der Waals surface area contributed by atoms with Crippen molar-refractivity contribution in [3.05, 3.63) is 42.0 Å². The first-order valence-corrected chi connectivity index (χ1v) is 9.10. The molecule has 0 spiro atoms. The smallest absolute Gasteiger partial charge is 0.141 e. The van der Waals surface area contributed by atoms with Gasteiger partial charge in [0.1, 0.15) is 17.0 Å². The van der Waals surface area contributed by atoms with Crippen LogP contribution in [0.3, 0.4) is 0 Å². The fraction of sp³-hybridized carbons (Fsp3) is 0.333. The Hall–Kier alpha value is -2.02. The molecule has 1 aliphatic heterocycles. The molecule has 3 aromatic rings. The first-order chi connectivity index (χ1) is 11.9. The lowest BCUT2D eigenvalue weighted by Crippen LogP contribution is -2.47. The molecule has 0 saturated carbocycles. The summed E-state index contributed by atoms with van der Waals surface area (Å²) in [7, 11) is 0. The van der Waals surface area contributed by atoms with E-state index in [9.17, 15) is 0 Å². The lowest BCUT2D eigenvalue weighted by atomic mass is 10.1. The Labute approximate surface area is 145 Å². The summed E-state index contributed by atoms with van der Waals surface area (Å²) in [6, 6.07) is 10.4. The van der Waals surface area contributed by atoms with E-state index in [0.29, 0.717) is 0 Å². The Morgan fingerprint density at radius 3 is 2.58 bits per heavy atom. The number of aliphatic hydroxyl groups excluding tert-OH is 1. The van der Waals surface area contributed by atoms with Crippen LogP contribution in [0, 0.1) is 0 Å². The number of hydrogen-bond donors (Lipinski definition) is 1. The molecule has 1 N–H and O–H groups in total. The zero-order chi connectivity index (χ0) is 16.4. The lowest BCUT2D eigenvalue weighted by Gasteiger charge is -2.35. The molecule has 0 radical (unpaired) electrons. The fourth-order valence-electron chi connectivity index (χ4n) is 3.25. The van der Waals surface area contributed by atoms with Gasteiger partial charge in [-0.1, -0.05) is 30.3 Å². The van der Waals surface area contributed by atoms with Crippen molar-refractivity contribution in [1.29, 1.82) is 0 Å². The quantitative estimate of drug-likeness (QED) is 0.791. The van der Waals surface area contributed by atoms with Gasteiger partial charge in [-0.25, -0.2) is 9.97 Å². The van der Waals surface area contributed by atoms with Gasteiger partial charge in [0.2, 0.25) is 0 Å². The minimum atomic E-state index is 0.223. The van der Waals surface area contributed by atoms with Gasteiger partial charge in [-0.15, -0.1) is 11.3 Å². The Morgan fingerprint density at radius 1 is 1.04 bits per heavy atom. The molecular weight excluding hydrogens is 320 g/mol. The molecule has 3 heterocycles. The number of anilines is 1. The second-order valence-electron chi connectivity index (χ2n) is 5.95. The number of hydrogen-bond acceptors (Lipinski definition) is 6. The fourth-order valence-corrected chi connectivity index (χ4v) is 4.16. The Kier molecular flexibility index (Phi) is 4.42. The molecule has 2 aromatic heterocycles. The standard InChI is InChI=1S/C18H20N4OS/c23-11-10-21-6-8-22(9-7-21)17-16-15(14-4-2-1-3-5-14)12-24-18(16)20-13-19-17/h1-5,12-13,23H,6-11H2. The maximum Gasteiger partial charge on any atom is 0.141 e. The molecule has 0 bridgehead atoms. The van der Waals surface area contributed by atoms with E-state index >= 15 is 0 Å². The van der Waals surface area contributed by atoms with Gasteiger partial charge in [0.25, 0.3) is 0 Å². The number of piperazine rings is 1. The van der Waals surface area contributed by atoms with Crippen molar-refractivity contribution in [2.24, 2.45) is 0 Å². The van der Waals surface area contributed by atoms with Crippen LogP contribution in [0.5, 0.6) is 0 Å². The summed E-state index contributed by atoms with van der Waals surface area (Å²) in [5.74, 6) is 1.03. The molecule has 1 fully saturated rings. The SMILES string of the molecule is OCCN1CCN(c2ncnc3scc(-c4ccccc4)c23)CC1. The molecule has 4 rings (SSSR count). The average Bonchev–Trinajstić information content (AvgIpc) is 3.08.